The van der Waals surface area contributed by atoms with Gasteiger partial charge in [0.25, 0.3) is 5.56 Å². The highest BCUT2D eigenvalue weighted by Crippen LogP contribution is 2.26. The Balaban J connectivity index is 1.53. The molecule has 0 saturated carbocycles. The summed E-state index contributed by atoms with van der Waals surface area (Å²) in [5.41, 5.74) is 2.45. The Morgan fingerprint density at radius 1 is 1.15 bits per heavy atom. The molecule has 0 aliphatic rings. The van der Waals surface area contributed by atoms with Crippen molar-refractivity contribution in [2.45, 2.75) is 45.9 Å². The number of nitrogens with one attached hydrogen (secondary N) is 1. The highest BCUT2D eigenvalue weighted by Gasteiger charge is 2.24. The number of benzene rings is 1. The molecule has 0 saturated heterocycles. The van der Waals surface area contributed by atoms with E-state index in [1.54, 1.807) is 21.6 Å². The van der Waals surface area contributed by atoms with Crippen LogP contribution in [0.2, 0.25) is 0 Å². The number of allylic oxidation sites excluding steroid dienone is 1. The van der Waals surface area contributed by atoms with E-state index in [4.69, 9.17) is 14.7 Å². The lowest BCUT2D eigenvalue weighted by Gasteiger charge is -2.25. The van der Waals surface area contributed by atoms with Crippen LogP contribution in [0.4, 0.5) is 11.6 Å². The molecule has 5 aromatic rings. The van der Waals surface area contributed by atoms with Gasteiger partial charge in [-0.1, -0.05) is 19.1 Å². The molecule has 0 aliphatic carbocycles. The zero-order chi connectivity index (χ0) is 29.1. The summed E-state index contributed by atoms with van der Waals surface area (Å²) < 4.78 is 11.6. The smallest absolute Gasteiger partial charge is 0.278 e. The summed E-state index contributed by atoms with van der Waals surface area (Å²) in [4.78, 5) is 29.7. The minimum Gasteiger partial charge on any atom is -0.369 e. The molecule has 1 N–H and O–H groups in total. The van der Waals surface area contributed by atoms with E-state index in [1.165, 1.54) is 5.52 Å². The summed E-state index contributed by atoms with van der Waals surface area (Å²) in [6, 6.07) is 14.0. The molecule has 10 nitrogen and oxygen atoms in total. The number of hydrogen-bond donors (Lipinski definition) is 1. The molecule has 0 amide bonds. The van der Waals surface area contributed by atoms with E-state index in [1.807, 2.05) is 38.1 Å². The van der Waals surface area contributed by atoms with Gasteiger partial charge in [-0.25, -0.2) is 19.3 Å². The first-order valence-corrected chi connectivity index (χ1v) is 13.9. The maximum atomic E-state index is 13.4. The topological polar surface area (TPSA) is 95.0 Å². The van der Waals surface area contributed by atoms with E-state index in [9.17, 15) is 4.79 Å². The minimum absolute atomic E-state index is 0.208. The van der Waals surface area contributed by atoms with Gasteiger partial charge in [0.2, 0.25) is 5.95 Å². The summed E-state index contributed by atoms with van der Waals surface area (Å²) in [5, 5.41) is 4.85. The van der Waals surface area contributed by atoms with E-state index >= 15 is 0 Å². The van der Waals surface area contributed by atoms with Crippen molar-refractivity contribution in [1.82, 2.24) is 33.8 Å². The number of anilines is 2. The van der Waals surface area contributed by atoms with Gasteiger partial charge < -0.3 is 19.5 Å². The molecule has 0 radical (unpaired) electrons. The Morgan fingerprint density at radius 2 is 1.98 bits per heavy atom. The van der Waals surface area contributed by atoms with Crippen molar-refractivity contribution >= 4 is 33.6 Å². The normalized spacial score (nSPS) is 12.0. The molecule has 10 heteroatoms. The van der Waals surface area contributed by atoms with E-state index < -0.39 is 5.60 Å². The first kappa shape index (κ1) is 28.3. The van der Waals surface area contributed by atoms with Crippen molar-refractivity contribution in [2.75, 3.05) is 32.6 Å². The van der Waals surface area contributed by atoms with E-state index in [0.29, 0.717) is 36.0 Å². The summed E-state index contributed by atoms with van der Waals surface area (Å²) in [6.45, 7) is 12.7. The Morgan fingerprint density at radius 3 is 2.73 bits per heavy atom. The third-order valence-corrected chi connectivity index (χ3v) is 7.03. The lowest BCUT2D eigenvalue weighted by atomic mass is 10.0. The molecule has 0 spiro atoms. The molecule has 4 heterocycles. The predicted octanol–water partition coefficient (Wildman–Crippen LogP) is 5.08. The molecule has 4 aromatic heterocycles. The number of fused-ring (bicyclic) bond motifs is 2. The Bertz CT molecular complexity index is 1740. The molecule has 1 aromatic carbocycles. The number of hydrogen-bond acceptors (Lipinski definition) is 7. The summed E-state index contributed by atoms with van der Waals surface area (Å²) in [5.74, 6) is 0.950. The van der Waals surface area contributed by atoms with Crippen LogP contribution in [0.25, 0.3) is 27.8 Å². The second kappa shape index (κ2) is 11.7. The maximum absolute atomic E-state index is 13.4. The van der Waals surface area contributed by atoms with Crippen LogP contribution in [0.15, 0.2) is 72.3 Å². The standard InChI is InChI=1S/C31H38N8O2/c1-7-15-38-29(40)24-21-32-30(33-23-12-13-25-22(20-23)14-16-37(25)18-17-36(5)6)35-28(24)39(38)27-11-9-10-26(34-27)31(3,4)41-19-8-2/h7,9-14,16,20-21H,1,8,15,17-19H2,2-6H3,(H,32,33,35). The van der Waals surface area contributed by atoms with Crippen molar-refractivity contribution in [1.29, 1.82) is 0 Å². The third-order valence-electron chi connectivity index (χ3n) is 7.03. The molecule has 0 atom stereocenters. The van der Waals surface area contributed by atoms with E-state index in [2.05, 4.69) is 71.8 Å². The fraction of sp³-hybridized carbons (Fsp3) is 0.355. The third kappa shape index (κ3) is 5.79. The SMILES string of the molecule is C=CCn1c(=O)c2cnc(Nc3ccc4c(ccn4CCN(C)C)c3)nc2n1-c1cccc(C(C)(C)OCCC)n1. The number of rotatable bonds is 12. The quantitative estimate of drug-likeness (QED) is 0.215. The van der Waals surface area contributed by atoms with Crippen LogP contribution in [-0.4, -0.2) is 61.0 Å². The second-order valence-electron chi connectivity index (χ2n) is 10.9. The molecule has 5 rings (SSSR count). The van der Waals surface area contributed by atoms with Crippen LogP contribution in [0.1, 0.15) is 32.9 Å². The number of pyridine rings is 1. The highest BCUT2D eigenvalue weighted by molar-refractivity contribution is 5.85. The van der Waals surface area contributed by atoms with Gasteiger partial charge in [-0.15, -0.1) is 6.58 Å². The largest absolute Gasteiger partial charge is 0.369 e. The molecular weight excluding hydrogens is 516 g/mol. The lowest BCUT2D eigenvalue weighted by molar-refractivity contribution is -0.0244. The van der Waals surface area contributed by atoms with Crippen LogP contribution in [0.5, 0.6) is 0 Å². The van der Waals surface area contributed by atoms with Gasteiger partial charge >= 0.3 is 0 Å². The Labute approximate surface area is 239 Å². The summed E-state index contributed by atoms with van der Waals surface area (Å²) in [7, 11) is 4.15. The van der Waals surface area contributed by atoms with E-state index in [0.717, 1.165) is 36.3 Å². The van der Waals surface area contributed by atoms with Gasteiger partial charge in [0.15, 0.2) is 11.5 Å². The van der Waals surface area contributed by atoms with Crippen LogP contribution < -0.4 is 10.9 Å². The predicted molar refractivity (Wildman–Crippen MR) is 164 cm³/mol. The number of nitrogens with zero attached hydrogens (tertiary/aromatic N) is 7. The van der Waals surface area contributed by atoms with Crippen molar-refractivity contribution in [3.63, 3.8) is 0 Å². The maximum Gasteiger partial charge on any atom is 0.278 e. The van der Waals surface area contributed by atoms with Crippen LogP contribution in [0, 0.1) is 0 Å². The molecular formula is C31H38N8O2. The molecule has 0 unspecified atom stereocenters. The number of aromatic nitrogens is 6. The molecule has 0 aliphatic heterocycles. The van der Waals surface area contributed by atoms with Crippen LogP contribution >= 0.6 is 0 Å². The van der Waals surface area contributed by atoms with Gasteiger partial charge in [0.1, 0.15) is 11.0 Å². The first-order valence-electron chi connectivity index (χ1n) is 13.9. The summed E-state index contributed by atoms with van der Waals surface area (Å²) >= 11 is 0. The molecule has 0 bridgehead atoms. The van der Waals surface area contributed by atoms with Crippen molar-refractivity contribution in [3.05, 3.63) is 83.6 Å². The zero-order valence-corrected chi connectivity index (χ0v) is 24.5. The first-order chi connectivity index (χ1) is 19.7. The van der Waals surface area contributed by atoms with E-state index in [-0.39, 0.29) is 5.56 Å². The fourth-order valence-electron chi connectivity index (χ4n) is 4.83. The van der Waals surface area contributed by atoms with Gasteiger partial charge in [-0.2, -0.15) is 4.98 Å². The Hall–Kier alpha value is -4.28. The van der Waals surface area contributed by atoms with Gasteiger partial charge in [0.05, 0.1) is 12.2 Å². The van der Waals surface area contributed by atoms with Crippen LogP contribution in [-0.2, 0) is 23.4 Å². The monoisotopic (exact) mass is 554 g/mol. The van der Waals surface area contributed by atoms with Crippen molar-refractivity contribution in [2.24, 2.45) is 0 Å². The van der Waals surface area contributed by atoms with Crippen molar-refractivity contribution in [3.8, 4) is 5.82 Å². The lowest BCUT2D eigenvalue weighted by Crippen LogP contribution is -2.26. The minimum atomic E-state index is -0.593. The molecule has 0 fully saturated rings. The summed E-state index contributed by atoms with van der Waals surface area (Å²) in [6.07, 6.45) is 6.27. The second-order valence-corrected chi connectivity index (χ2v) is 10.9. The molecule has 214 valence electrons. The highest BCUT2D eigenvalue weighted by atomic mass is 16.5. The van der Waals surface area contributed by atoms with Gasteiger partial charge in [-0.05, 0) is 70.8 Å². The average molecular weight is 555 g/mol. The van der Waals surface area contributed by atoms with Gasteiger partial charge in [-0.3, -0.25) is 4.79 Å². The van der Waals surface area contributed by atoms with Crippen LogP contribution in [0.3, 0.4) is 0 Å². The number of likely N-dealkylation sites (N-methyl/N-ethyl adjacent to an activating group) is 1. The average Bonchev–Trinajstić information content (AvgIpc) is 3.48. The molecule has 41 heavy (non-hydrogen) atoms. The Kier molecular flexibility index (Phi) is 8.05. The number of ether oxygens (including phenoxy) is 1. The van der Waals surface area contributed by atoms with Gasteiger partial charge in [0, 0.05) is 48.7 Å². The fourth-order valence-corrected chi connectivity index (χ4v) is 4.83. The van der Waals surface area contributed by atoms with Crippen molar-refractivity contribution < 1.29 is 4.74 Å². The zero-order valence-electron chi connectivity index (χ0n) is 24.5.